The molecule has 0 bridgehead atoms. The highest BCUT2D eigenvalue weighted by atomic mass is 16.5. The lowest BCUT2D eigenvalue weighted by atomic mass is 10.0. The van der Waals surface area contributed by atoms with Crippen molar-refractivity contribution in [3.05, 3.63) is 53.3 Å². The molecule has 6 heteroatoms. The van der Waals surface area contributed by atoms with Crippen LogP contribution in [0.4, 0.5) is 5.82 Å². The lowest BCUT2D eigenvalue weighted by molar-refractivity contribution is -0.103. The quantitative estimate of drug-likeness (QED) is 0.578. The van der Waals surface area contributed by atoms with Crippen LogP contribution in [-0.4, -0.2) is 35.0 Å². The number of methoxy groups -OCH3 is 1. The van der Waals surface area contributed by atoms with E-state index in [-0.39, 0.29) is 0 Å². The number of ether oxygens (including phenoxy) is 1. The van der Waals surface area contributed by atoms with Gasteiger partial charge in [0.1, 0.15) is 11.6 Å². The predicted octanol–water partition coefficient (Wildman–Crippen LogP) is 2.83. The topological polar surface area (TPSA) is 68.5 Å². The zero-order valence-corrected chi connectivity index (χ0v) is 13.8. The van der Waals surface area contributed by atoms with Crippen LogP contribution in [0, 0.1) is 6.92 Å². The van der Waals surface area contributed by atoms with Gasteiger partial charge in [0, 0.05) is 30.4 Å². The SMILES string of the molecule is CNc1c(C=C(C=O)c2ccc(OC)cc2)cnc2cc(C)nn12. The van der Waals surface area contributed by atoms with Gasteiger partial charge in [0.2, 0.25) is 0 Å². The van der Waals surface area contributed by atoms with E-state index in [4.69, 9.17) is 4.74 Å². The molecule has 0 aliphatic rings. The van der Waals surface area contributed by atoms with E-state index in [1.807, 2.05) is 44.3 Å². The zero-order valence-electron chi connectivity index (χ0n) is 13.8. The Morgan fingerprint density at radius 3 is 2.67 bits per heavy atom. The molecule has 0 saturated carbocycles. The summed E-state index contributed by atoms with van der Waals surface area (Å²) < 4.78 is 6.88. The Bertz CT molecular complexity index is 911. The minimum Gasteiger partial charge on any atom is -0.497 e. The summed E-state index contributed by atoms with van der Waals surface area (Å²) in [4.78, 5) is 16.0. The van der Waals surface area contributed by atoms with Crippen molar-refractivity contribution < 1.29 is 9.53 Å². The molecule has 6 nitrogen and oxygen atoms in total. The third-order valence-corrected chi connectivity index (χ3v) is 3.73. The van der Waals surface area contributed by atoms with Crippen molar-refractivity contribution in [1.82, 2.24) is 14.6 Å². The number of allylic oxidation sites excluding steroid dienone is 1. The van der Waals surface area contributed by atoms with Gasteiger partial charge < -0.3 is 10.1 Å². The van der Waals surface area contributed by atoms with Crippen molar-refractivity contribution in [3.63, 3.8) is 0 Å². The van der Waals surface area contributed by atoms with Crippen LogP contribution in [0.25, 0.3) is 17.3 Å². The number of aryl methyl sites for hydroxylation is 1. The Balaban J connectivity index is 2.10. The summed E-state index contributed by atoms with van der Waals surface area (Å²) in [6.07, 6.45) is 4.36. The van der Waals surface area contributed by atoms with E-state index < -0.39 is 0 Å². The number of fused-ring (bicyclic) bond motifs is 1. The number of hydrogen-bond donors (Lipinski definition) is 1. The van der Waals surface area contributed by atoms with Crippen LogP contribution < -0.4 is 10.1 Å². The molecule has 24 heavy (non-hydrogen) atoms. The lowest BCUT2D eigenvalue weighted by Crippen LogP contribution is -2.03. The van der Waals surface area contributed by atoms with Crippen LogP contribution in [0.1, 0.15) is 16.8 Å². The fourth-order valence-corrected chi connectivity index (χ4v) is 2.55. The largest absolute Gasteiger partial charge is 0.497 e. The smallest absolute Gasteiger partial charge is 0.157 e. The maximum atomic E-state index is 11.6. The van der Waals surface area contributed by atoms with Gasteiger partial charge in [0.25, 0.3) is 0 Å². The summed E-state index contributed by atoms with van der Waals surface area (Å²) in [6.45, 7) is 1.91. The zero-order chi connectivity index (χ0) is 17.1. The summed E-state index contributed by atoms with van der Waals surface area (Å²) in [5.41, 5.74) is 3.78. The molecule has 0 atom stereocenters. The van der Waals surface area contributed by atoms with Crippen molar-refractivity contribution in [3.8, 4) is 5.75 Å². The minimum atomic E-state index is 0.555. The highest BCUT2D eigenvalue weighted by Gasteiger charge is 2.10. The number of carbonyl (C=O) groups is 1. The number of aldehydes is 1. The number of benzene rings is 1. The standard InChI is InChI=1S/C18H18N4O2/c1-12-8-17-20-10-14(18(19-2)22(17)21-12)9-15(11-23)13-4-6-16(24-3)7-5-13/h4-11,19H,1-3H3. The van der Waals surface area contributed by atoms with Gasteiger partial charge in [-0.05, 0) is 30.7 Å². The number of aromatic nitrogens is 3. The Hall–Kier alpha value is -3.15. The fourth-order valence-electron chi connectivity index (χ4n) is 2.55. The molecule has 1 N–H and O–H groups in total. The van der Waals surface area contributed by atoms with Gasteiger partial charge in [0.15, 0.2) is 11.9 Å². The Morgan fingerprint density at radius 2 is 2.04 bits per heavy atom. The molecule has 0 amide bonds. The van der Waals surface area contributed by atoms with E-state index in [9.17, 15) is 4.79 Å². The molecule has 122 valence electrons. The Kier molecular flexibility index (Phi) is 4.29. The van der Waals surface area contributed by atoms with E-state index in [0.29, 0.717) is 5.57 Å². The number of nitrogens with zero attached hydrogens (tertiary/aromatic N) is 3. The number of anilines is 1. The van der Waals surface area contributed by atoms with E-state index in [0.717, 1.165) is 40.3 Å². The van der Waals surface area contributed by atoms with Crippen molar-refractivity contribution in [2.24, 2.45) is 0 Å². The van der Waals surface area contributed by atoms with E-state index in [2.05, 4.69) is 15.4 Å². The molecule has 3 aromatic rings. The molecule has 0 unspecified atom stereocenters. The number of hydrogen-bond acceptors (Lipinski definition) is 5. The van der Waals surface area contributed by atoms with Crippen molar-refractivity contribution >= 4 is 29.4 Å². The first-order valence-electron chi connectivity index (χ1n) is 7.50. The highest BCUT2D eigenvalue weighted by molar-refractivity contribution is 6.13. The molecule has 3 rings (SSSR count). The van der Waals surface area contributed by atoms with Crippen LogP contribution in [0.2, 0.25) is 0 Å². The van der Waals surface area contributed by atoms with Crippen LogP contribution in [0.3, 0.4) is 0 Å². The summed E-state index contributed by atoms with van der Waals surface area (Å²) >= 11 is 0. The van der Waals surface area contributed by atoms with Gasteiger partial charge in [0.05, 0.1) is 12.8 Å². The highest BCUT2D eigenvalue weighted by Crippen LogP contribution is 2.24. The minimum absolute atomic E-state index is 0.555. The van der Waals surface area contributed by atoms with Gasteiger partial charge in [-0.2, -0.15) is 9.61 Å². The second-order valence-corrected chi connectivity index (χ2v) is 5.31. The first kappa shape index (κ1) is 15.7. The summed E-state index contributed by atoms with van der Waals surface area (Å²) in [6, 6.07) is 9.25. The number of rotatable bonds is 5. The van der Waals surface area contributed by atoms with Gasteiger partial charge in [-0.1, -0.05) is 12.1 Å². The molecule has 1 aromatic carbocycles. The summed E-state index contributed by atoms with van der Waals surface area (Å²) in [7, 11) is 3.43. The first-order valence-corrected chi connectivity index (χ1v) is 7.50. The van der Waals surface area contributed by atoms with Crippen LogP contribution in [0.5, 0.6) is 5.75 Å². The molecule has 0 fully saturated rings. The normalized spacial score (nSPS) is 11.5. The van der Waals surface area contributed by atoms with E-state index in [1.165, 1.54) is 0 Å². The monoisotopic (exact) mass is 322 g/mol. The third kappa shape index (κ3) is 2.86. The molecule has 0 radical (unpaired) electrons. The number of nitrogens with one attached hydrogen (secondary N) is 1. The second kappa shape index (κ2) is 6.54. The van der Waals surface area contributed by atoms with Crippen LogP contribution in [0.15, 0.2) is 36.5 Å². The Morgan fingerprint density at radius 1 is 1.29 bits per heavy atom. The van der Waals surface area contributed by atoms with Gasteiger partial charge in [-0.25, -0.2) is 4.98 Å². The van der Waals surface area contributed by atoms with Crippen LogP contribution in [-0.2, 0) is 4.79 Å². The maximum Gasteiger partial charge on any atom is 0.157 e. The van der Waals surface area contributed by atoms with Gasteiger partial charge >= 0.3 is 0 Å². The maximum absolute atomic E-state index is 11.6. The van der Waals surface area contributed by atoms with Gasteiger partial charge in [-0.3, -0.25) is 4.79 Å². The molecular weight excluding hydrogens is 304 g/mol. The molecule has 0 aliphatic heterocycles. The molecule has 0 spiro atoms. The molecular formula is C18H18N4O2. The van der Waals surface area contributed by atoms with E-state index >= 15 is 0 Å². The molecule has 0 saturated heterocycles. The second-order valence-electron chi connectivity index (χ2n) is 5.31. The third-order valence-electron chi connectivity index (χ3n) is 3.73. The molecule has 2 aromatic heterocycles. The fraction of sp³-hybridized carbons (Fsp3) is 0.167. The predicted molar refractivity (Wildman–Crippen MR) is 94.2 cm³/mol. The number of carbonyl (C=O) groups excluding carboxylic acids is 1. The molecule has 2 heterocycles. The summed E-state index contributed by atoms with van der Waals surface area (Å²) in [5, 5.41) is 7.56. The summed E-state index contributed by atoms with van der Waals surface area (Å²) in [5.74, 6) is 1.52. The lowest BCUT2D eigenvalue weighted by Gasteiger charge is -2.09. The van der Waals surface area contributed by atoms with Crippen molar-refractivity contribution in [2.45, 2.75) is 6.92 Å². The van der Waals surface area contributed by atoms with Crippen molar-refractivity contribution in [1.29, 1.82) is 0 Å². The average Bonchev–Trinajstić information content (AvgIpc) is 2.99. The van der Waals surface area contributed by atoms with Crippen molar-refractivity contribution in [2.75, 3.05) is 19.5 Å². The van der Waals surface area contributed by atoms with E-state index in [1.54, 1.807) is 23.9 Å². The van der Waals surface area contributed by atoms with Crippen LogP contribution >= 0.6 is 0 Å². The first-order chi connectivity index (χ1) is 11.7. The Labute approximate surface area is 139 Å². The van der Waals surface area contributed by atoms with Gasteiger partial charge in [-0.15, -0.1) is 0 Å². The molecule has 0 aliphatic carbocycles. The average molecular weight is 322 g/mol.